The van der Waals surface area contributed by atoms with E-state index in [0.29, 0.717) is 24.7 Å². The number of likely N-dealkylation sites (tertiary alicyclic amines) is 1. The third-order valence-electron chi connectivity index (χ3n) is 3.86. The maximum absolute atomic E-state index is 12.7. The zero-order chi connectivity index (χ0) is 15.1. The number of piperidine rings is 1. The molecular weight excluding hydrogens is 271 g/mol. The molecule has 1 aliphatic rings. The number of benzene rings is 1. The third kappa shape index (κ3) is 5.01. The van der Waals surface area contributed by atoms with Crippen LogP contribution < -0.4 is 10.1 Å². The van der Waals surface area contributed by atoms with Crippen molar-refractivity contribution in [2.75, 3.05) is 33.3 Å². The molecule has 1 aliphatic heterocycles. The second-order valence-corrected chi connectivity index (χ2v) is 5.43. The fourth-order valence-corrected chi connectivity index (χ4v) is 2.62. The Balaban J connectivity index is 1.67. The molecule has 0 spiro atoms. The van der Waals surface area contributed by atoms with Crippen LogP contribution in [0.1, 0.15) is 19.3 Å². The average Bonchev–Trinajstić information content (AvgIpc) is 2.50. The normalized spacial score (nSPS) is 16.0. The zero-order valence-corrected chi connectivity index (χ0v) is 12.5. The first-order valence-electron chi connectivity index (χ1n) is 7.50. The number of carbonyl (C=O) groups is 1. The van der Waals surface area contributed by atoms with Crippen molar-refractivity contribution in [3.05, 3.63) is 30.1 Å². The molecule has 116 valence electrons. The molecule has 1 fully saturated rings. The van der Waals surface area contributed by atoms with Crippen LogP contribution in [0, 0.1) is 11.7 Å². The topological polar surface area (TPSA) is 41.6 Å². The fourth-order valence-electron chi connectivity index (χ4n) is 2.62. The van der Waals surface area contributed by atoms with Gasteiger partial charge in [0.25, 0.3) is 0 Å². The highest BCUT2D eigenvalue weighted by Gasteiger charge is 2.21. The van der Waals surface area contributed by atoms with Crippen molar-refractivity contribution in [1.29, 1.82) is 0 Å². The lowest BCUT2D eigenvalue weighted by molar-refractivity contribution is -0.133. The van der Waals surface area contributed by atoms with Crippen LogP contribution in [0.3, 0.4) is 0 Å². The van der Waals surface area contributed by atoms with Crippen molar-refractivity contribution in [3.63, 3.8) is 0 Å². The maximum Gasteiger partial charge on any atom is 0.225 e. The van der Waals surface area contributed by atoms with Crippen molar-refractivity contribution in [3.8, 4) is 5.75 Å². The molecule has 0 atom stereocenters. The Bertz CT molecular complexity index is 442. The number of ether oxygens (including phenoxy) is 1. The zero-order valence-electron chi connectivity index (χ0n) is 12.5. The van der Waals surface area contributed by atoms with Crippen LogP contribution in [0.15, 0.2) is 24.3 Å². The number of nitrogens with one attached hydrogen (secondary N) is 1. The molecule has 0 unspecified atom stereocenters. The van der Waals surface area contributed by atoms with Gasteiger partial charge in [0.05, 0.1) is 13.0 Å². The summed E-state index contributed by atoms with van der Waals surface area (Å²) in [6, 6.07) is 5.85. The van der Waals surface area contributed by atoms with Crippen LogP contribution in [-0.4, -0.2) is 44.1 Å². The van der Waals surface area contributed by atoms with E-state index in [0.717, 1.165) is 32.5 Å². The summed E-state index contributed by atoms with van der Waals surface area (Å²) in [4.78, 5) is 14.0. The van der Waals surface area contributed by atoms with Crippen molar-refractivity contribution in [2.24, 2.45) is 5.92 Å². The highest BCUT2D eigenvalue weighted by Crippen LogP contribution is 2.17. The molecule has 0 aliphatic carbocycles. The highest BCUT2D eigenvalue weighted by atomic mass is 19.1. The third-order valence-corrected chi connectivity index (χ3v) is 3.86. The smallest absolute Gasteiger partial charge is 0.225 e. The SMILES string of the molecule is CNCC1CCN(C(=O)CCOc2ccc(F)cc2)CC1. The number of amides is 1. The van der Waals surface area contributed by atoms with Gasteiger partial charge in [-0.3, -0.25) is 4.79 Å². The molecule has 0 radical (unpaired) electrons. The van der Waals surface area contributed by atoms with Gasteiger partial charge in [-0.2, -0.15) is 0 Å². The number of carbonyl (C=O) groups excluding carboxylic acids is 1. The molecular formula is C16H23FN2O2. The first kappa shape index (κ1) is 15.8. The Labute approximate surface area is 125 Å². The molecule has 0 aromatic heterocycles. The standard InChI is InChI=1S/C16H23FN2O2/c1-18-12-13-6-9-19(10-7-13)16(20)8-11-21-15-4-2-14(17)3-5-15/h2-5,13,18H,6-12H2,1H3. The average molecular weight is 294 g/mol. The molecule has 21 heavy (non-hydrogen) atoms. The summed E-state index contributed by atoms with van der Waals surface area (Å²) in [7, 11) is 1.96. The number of hydrogen-bond donors (Lipinski definition) is 1. The summed E-state index contributed by atoms with van der Waals surface area (Å²) in [6.45, 7) is 3.03. The minimum atomic E-state index is -0.289. The molecule has 0 saturated carbocycles. The van der Waals surface area contributed by atoms with E-state index >= 15 is 0 Å². The van der Waals surface area contributed by atoms with Gasteiger partial charge >= 0.3 is 0 Å². The number of hydrogen-bond acceptors (Lipinski definition) is 3. The summed E-state index contributed by atoms with van der Waals surface area (Å²) < 4.78 is 18.2. The van der Waals surface area contributed by atoms with E-state index < -0.39 is 0 Å². The van der Waals surface area contributed by atoms with Crippen molar-refractivity contribution in [2.45, 2.75) is 19.3 Å². The second-order valence-electron chi connectivity index (χ2n) is 5.43. The predicted molar refractivity (Wildman–Crippen MR) is 79.7 cm³/mol. The van der Waals surface area contributed by atoms with Crippen LogP contribution in [0.25, 0.3) is 0 Å². The molecule has 0 bridgehead atoms. The predicted octanol–water partition coefficient (Wildman–Crippen LogP) is 2.05. The summed E-state index contributed by atoms with van der Waals surface area (Å²) >= 11 is 0. The largest absolute Gasteiger partial charge is 0.493 e. The molecule has 1 heterocycles. The van der Waals surface area contributed by atoms with Gasteiger partial charge in [0.2, 0.25) is 5.91 Å². The molecule has 1 saturated heterocycles. The fraction of sp³-hybridized carbons (Fsp3) is 0.562. The Kier molecular flexibility index (Phi) is 5.99. The van der Waals surface area contributed by atoms with Crippen LogP contribution in [0.2, 0.25) is 0 Å². The van der Waals surface area contributed by atoms with Crippen molar-refractivity contribution < 1.29 is 13.9 Å². The van der Waals surface area contributed by atoms with Crippen molar-refractivity contribution in [1.82, 2.24) is 10.2 Å². The lowest BCUT2D eigenvalue weighted by atomic mass is 9.97. The van der Waals surface area contributed by atoms with Gasteiger partial charge in [0.1, 0.15) is 11.6 Å². The molecule has 1 N–H and O–H groups in total. The maximum atomic E-state index is 12.7. The molecule has 2 rings (SSSR count). The summed E-state index contributed by atoms with van der Waals surface area (Å²) in [5.74, 6) is 1.12. The Morgan fingerprint density at radius 3 is 2.62 bits per heavy atom. The van der Waals surface area contributed by atoms with Crippen LogP contribution in [-0.2, 0) is 4.79 Å². The van der Waals surface area contributed by atoms with Gasteiger partial charge in [-0.15, -0.1) is 0 Å². The van der Waals surface area contributed by atoms with Crippen LogP contribution >= 0.6 is 0 Å². The van der Waals surface area contributed by atoms with Gasteiger partial charge in [-0.1, -0.05) is 0 Å². The van der Waals surface area contributed by atoms with E-state index in [1.807, 2.05) is 11.9 Å². The lowest BCUT2D eigenvalue weighted by Gasteiger charge is -2.32. The number of nitrogens with zero attached hydrogens (tertiary/aromatic N) is 1. The van der Waals surface area contributed by atoms with E-state index in [1.54, 1.807) is 12.1 Å². The van der Waals surface area contributed by atoms with Gasteiger partial charge in [-0.05, 0) is 56.6 Å². The molecule has 1 amide bonds. The Hall–Kier alpha value is -1.62. The van der Waals surface area contributed by atoms with E-state index in [-0.39, 0.29) is 11.7 Å². The second kappa shape index (κ2) is 7.98. The van der Waals surface area contributed by atoms with E-state index in [1.165, 1.54) is 12.1 Å². The molecule has 1 aromatic carbocycles. The van der Waals surface area contributed by atoms with Crippen LogP contribution in [0.4, 0.5) is 4.39 Å². The van der Waals surface area contributed by atoms with Gasteiger partial charge < -0.3 is 15.0 Å². The monoisotopic (exact) mass is 294 g/mol. The minimum absolute atomic E-state index is 0.139. The quantitative estimate of drug-likeness (QED) is 0.873. The molecule has 5 heteroatoms. The van der Waals surface area contributed by atoms with Crippen LogP contribution in [0.5, 0.6) is 5.75 Å². The lowest BCUT2D eigenvalue weighted by Crippen LogP contribution is -2.40. The number of rotatable bonds is 6. The van der Waals surface area contributed by atoms with E-state index in [2.05, 4.69) is 5.32 Å². The highest BCUT2D eigenvalue weighted by molar-refractivity contribution is 5.76. The van der Waals surface area contributed by atoms with Gasteiger partial charge in [0.15, 0.2) is 0 Å². The van der Waals surface area contributed by atoms with E-state index in [9.17, 15) is 9.18 Å². The first-order chi connectivity index (χ1) is 10.2. The van der Waals surface area contributed by atoms with E-state index in [4.69, 9.17) is 4.74 Å². The summed E-state index contributed by atoms with van der Waals surface area (Å²) in [5.41, 5.74) is 0. The Morgan fingerprint density at radius 2 is 2.00 bits per heavy atom. The minimum Gasteiger partial charge on any atom is -0.493 e. The van der Waals surface area contributed by atoms with Gasteiger partial charge in [-0.25, -0.2) is 4.39 Å². The van der Waals surface area contributed by atoms with Crippen molar-refractivity contribution >= 4 is 5.91 Å². The summed E-state index contributed by atoms with van der Waals surface area (Å²) in [5, 5.41) is 3.19. The summed E-state index contributed by atoms with van der Waals surface area (Å²) in [6.07, 6.45) is 2.49. The Morgan fingerprint density at radius 1 is 1.33 bits per heavy atom. The molecule has 1 aromatic rings. The molecule has 4 nitrogen and oxygen atoms in total. The van der Waals surface area contributed by atoms with Gasteiger partial charge in [0, 0.05) is 13.1 Å². The first-order valence-corrected chi connectivity index (χ1v) is 7.50. The number of halogens is 1.